The Morgan fingerprint density at radius 3 is 1.14 bits per heavy atom. The van der Waals surface area contributed by atoms with Gasteiger partial charge in [0.15, 0.2) is 18.9 Å². The lowest BCUT2D eigenvalue weighted by Crippen LogP contribution is -2.66. The van der Waals surface area contributed by atoms with E-state index in [1.807, 2.05) is 6.08 Å². The van der Waals surface area contributed by atoms with E-state index in [2.05, 4.69) is 43.5 Å². The summed E-state index contributed by atoms with van der Waals surface area (Å²) in [6.45, 7) is 1.73. The molecule has 0 aromatic heterocycles. The summed E-state index contributed by atoms with van der Waals surface area (Å²) < 4.78 is 34.3. The molecule has 0 radical (unpaired) electrons. The summed E-state index contributed by atoms with van der Waals surface area (Å²) in [4.78, 5) is 13.4. The first-order valence-corrected chi connectivity index (χ1v) is 35.2. The van der Waals surface area contributed by atoms with E-state index in [1.165, 1.54) is 180 Å². The number of unbranched alkanes of at least 4 members (excludes halogenated alkanes) is 34. The number of carbonyl (C=O) groups is 1. The van der Waals surface area contributed by atoms with Crippen molar-refractivity contribution in [2.75, 3.05) is 26.4 Å². The van der Waals surface area contributed by atoms with Gasteiger partial charge in [0.2, 0.25) is 5.91 Å². The summed E-state index contributed by atoms with van der Waals surface area (Å²) in [6.07, 6.45) is 32.7. The maximum Gasteiger partial charge on any atom is 0.220 e. The number of aliphatic hydroxyl groups excluding tert-OH is 11. The molecule has 0 aromatic carbocycles. The molecule has 516 valence electrons. The summed E-state index contributed by atoms with van der Waals surface area (Å²) in [6, 6.07) is -0.992. The van der Waals surface area contributed by atoms with Crippen LogP contribution < -0.4 is 5.32 Å². The van der Waals surface area contributed by atoms with Crippen molar-refractivity contribution in [2.24, 2.45) is 0 Å². The molecule has 0 saturated carbocycles. The summed E-state index contributed by atoms with van der Waals surface area (Å²) >= 11 is 0. The Morgan fingerprint density at radius 2 is 0.727 bits per heavy atom. The van der Waals surface area contributed by atoms with Crippen LogP contribution in [0.5, 0.6) is 0 Å². The predicted molar refractivity (Wildman–Crippen MR) is 342 cm³/mol. The lowest BCUT2D eigenvalue weighted by Gasteiger charge is -2.48. The van der Waals surface area contributed by atoms with Gasteiger partial charge in [0, 0.05) is 6.42 Å². The van der Waals surface area contributed by atoms with Crippen LogP contribution in [-0.2, 0) is 33.2 Å². The Morgan fingerprint density at radius 1 is 0.398 bits per heavy atom. The molecule has 0 aliphatic carbocycles. The van der Waals surface area contributed by atoms with Gasteiger partial charge >= 0.3 is 0 Å². The second-order valence-corrected chi connectivity index (χ2v) is 25.3. The molecule has 3 aliphatic rings. The number of nitrogens with one attached hydrogen (secondary N) is 1. The number of hydrogen-bond acceptors (Lipinski definition) is 18. The highest BCUT2D eigenvalue weighted by Crippen LogP contribution is 2.33. The van der Waals surface area contributed by atoms with E-state index in [-0.39, 0.29) is 18.9 Å². The normalized spacial score (nSPS) is 28.6. The standard InChI is InChI=1S/C69H127NO18/c1-3-5-7-9-11-13-15-17-19-21-22-23-24-25-26-27-28-29-31-32-34-36-38-40-42-44-46-53(74)52(70-57(75)47-45-43-41-39-37-35-33-30-20-18-16-14-12-10-8-6-4-2)51-83-67-63(81)60(78)65(55(49-72)85-67)88-69-64(82)61(79)66(56(50-73)86-69)87-68-62(80)59(77)58(76)54(48-71)84-68/h18,20,36,38,44,46,52-56,58-69,71-74,76-82H,3-17,19,21-35,37,39-43,45,47-51H2,1-2H3,(H,70,75)/b20-18-,38-36+,46-44+. The Balaban J connectivity index is 1.44. The van der Waals surface area contributed by atoms with E-state index in [4.69, 9.17) is 28.4 Å². The van der Waals surface area contributed by atoms with Gasteiger partial charge < -0.3 is 89.9 Å². The largest absolute Gasteiger partial charge is 0.394 e. The van der Waals surface area contributed by atoms with Gasteiger partial charge in [-0.1, -0.05) is 237 Å². The van der Waals surface area contributed by atoms with Crippen LogP contribution in [0.4, 0.5) is 0 Å². The Hall–Kier alpha value is -1.99. The third-order valence-corrected chi connectivity index (χ3v) is 17.7. The monoisotopic (exact) mass is 1260 g/mol. The van der Waals surface area contributed by atoms with Crippen LogP contribution in [0.2, 0.25) is 0 Å². The van der Waals surface area contributed by atoms with Crippen molar-refractivity contribution >= 4 is 5.91 Å². The minimum atomic E-state index is -1.98. The van der Waals surface area contributed by atoms with Gasteiger partial charge in [-0.2, -0.15) is 0 Å². The number of ether oxygens (including phenoxy) is 6. The van der Waals surface area contributed by atoms with Gasteiger partial charge in [0.25, 0.3) is 0 Å². The van der Waals surface area contributed by atoms with Gasteiger partial charge in [-0.15, -0.1) is 0 Å². The zero-order chi connectivity index (χ0) is 64.0. The molecule has 19 heteroatoms. The van der Waals surface area contributed by atoms with Crippen molar-refractivity contribution in [2.45, 2.75) is 369 Å². The topological polar surface area (TPSA) is 307 Å². The lowest BCUT2D eigenvalue weighted by molar-refractivity contribution is -0.379. The van der Waals surface area contributed by atoms with Crippen LogP contribution in [-0.4, -0.2) is 193 Å². The fourth-order valence-electron chi connectivity index (χ4n) is 11.9. The van der Waals surface area contributed by atoms with Gasteiger partial charge in [-0.05, 0) is 57.8 Å². The molecule has 0 bridgehead atoms. The minimum Gasteiger partial charge on any atom is -0.394 e. The third kappa shape index (κ3) is 33.2. The van der Waals surface area contributed by atoms with E-state index in [9.17, 15) is 61.0 Å². The van der Waals surface area contributed by atoms with Crippen molar-refractivity contribution in [1.82, 2.24) is 5.32 Å². The molecule has 88 heavy (non-hydrogen) atoms. The first-order valence-electron chi connectivity index (χ1n) is 35.2. The number of aliphatic hydroxyl groups is 11. The maximum atomic E-state index is 13.4. The third-order valence-electron chi connectivity index (χ3n) is 17.7. The molecule has 17 unspecified atom stereocenters. The minimum absolute atomic E-state index is 0.231. The number of amides is 1. The van der Waals surface area contributed by atoms with Crippen LogP contribution in [0.1, 0.15) is 264 Å². The van der Waals surface area contributed by atoms with E-state index in [0.29, 0.717) is 12.8 Å². The predicted octanol–water partition coefficient (Wildman–Crippen LogP) is 9.22. The van der Waals surface area contributed by atoms with Crippen molar-refractivity contribution < 1.29 is 89.4 Å². The van der Waals surface area contributed by atoms with Crippen LogP contribution in [0.3, 0.4) is 0 Å². The van der Waals surface area contributed by atoms with Crippen molar-refractivity contribution in [3.8, 4) is 0 Å². The average Bonchev–Trinajstić information content (AvgIpc) is 3.72. The number of carbonyl (C=O) groups excluding carboxylic acids is 1. The molecular formula is C69H127NO18. The van der Waals surface area contributed by atoms with Gasteiger partial charge in [0.1, 0.15) is 73.2 Å². The fraction of sp³-hybridized carbons (Fsp3) is 0.899. The molecule has 3 saturated heterocycles. The zero-order valence-electron chi connectivity index (χ0n) is 54.5. The molecule has 17 atom stereocenters. The smallest absolute Gasteiger partial charge is 0.220 e. The number of hydrogen-bond donors (Lipinski definition) is 12. The molecule has 12 N–H and O–H groups in total. The second-order valence-electron chi connectivity index (χ2n) is 25.3. The van der Waals surface area contributed by atoms with E-state index in [0.717, 1.165) is 51.4 Å². The van der Waals surface area contributed by atoms with Gasteiger partial charge in [0.05, 0.1) is 38.6 Å². The molecule has 3 rings (SSSR count). The lowest BCUT2D eigenvalue weighted by atomic mass is 9.96. The van der Waals surface area contributed by atoms with Crippen LogP contribution in [0.15, 0.2) is 36.5 Å². The number of rotatable bonds is 54. The average molecular weight is 1260 g/mol. The Bertz CT molecular complexity index is 1740. The first kappa shape index (κ1) is 80.2. The molecule has 19 nitrogen and oxygen atoms in total. The maximum absolute atomic E-state index is 13.4. The molecule has 3 fully saturated rings. The van der Waals surface area contributed by atoms with E-state index in [1.54, 1.807) is 6.08 Å². The highest BCUT2D eigenvalue weighted by Gasteiger charge is 2.53. The van der Waals surface area contributed by atoms with Gasteiger partial charge in [-0.3, -0.25) is 4.79 Å². The molecule has 0 aromatic rings. The molecule has 0 spiro atoms. The van der Waals surface area contributed by atoms with Crippen molar-refractivity contribution in [3.63, 3.8) is 0 Å². The Kier molecular flexibility index (Phi) is 46.9. The quantitative estimate of drug-likeness (QED) is 0.0199. The Labute approximate surface area is 530 Å². The molecule has 3 heterocycles. The fourth-order valence-corrected chi connectivity index (χ4v) is 11.9. The zero-order valence-corrected chi connectivity index (χ0v) is 54.5. The summed E-state index contributed by atoms with van der Waals surface area (Å²) in [5, 5.41) is 120. The van der Waals surface area contributed by atoms with Crippen LogP contribution in [0.25, 0.3) is 0 Å². The van der Waals surface area contributed by atoms with Gasteiger partial charge in [-0.25, -0.2) is 0 Å². The second kappa shape index (κ2) is 51.4. The summed E-state index contributed by atoms with van der Waals surface area (Å²) in [7, 11) is 0. The highest BCUT2D eigenvalue weighted by atomic mass is 16.8. The first-order chi connectivity index (χ1) is 42.8. The SMILES string of the molecule is CCCCCCCC/C=C\CCCCCCCCCC(=O)NC(COC1OC(CO)C(OC2OC(CO)C(OC3OC(CO)C(O)C(O)C3O)C(O)C2O)C(O)C1O)C(O)/C=C/CC/C=C/CCCCCCCCCCCCCCCCCCCCCC. The summed E-state index contributed by atoms with van der Waals surface area (Å²) in [5.41, 5.74) is 0. The van der Waals surface area contributed by atoms with Crippen LogP contribution >= 0.6 is 0 Å². The van der Waals surface area contributed by atoms with Crippen molar-refractivity contribution in [1.29, 1.82) is 0 Å². The summed E-state index contributed by atoms with van der Waals surface area (Å²) in [5.74, 6) is -0.288. The van der Waals surface area contributed by atoms with E-state index >= 15 is 0 Å². The molecule has 1 amide bonds. The van der Waals surface area contributed by atoms with E-state index < -0.39 is 124 Å². The van der Waals surface area contributed by atoms with Crippen LogP contribution in [0, 0.1) is 0 Å². The molecular weight excluding hydrogens is 1130 g/mol. The highest BCUT2D eigenvalue weighted by molar-refractivity contribution is 5.76. The number of allylic oxidation sites excluding steroid dienone is 5. The van der Waals surface area contributed by atoms with Crippen molar-refractivity contribution in [3.05, 3.63) is 36.5 Å². The molecule has 3 aliphatic heterocycles.